The summed E-state index contributed by atoms with van der Waals surface area (Å²) in [6.07, 6.45) is 0. The second-order valence-electron chi connectivity index (χ2n) is 5.88. The van der Waals surface area contributed by atoms with Gasteiger partial charge in [0.25, 0.3) is 0 Å². The molecule has 2 rings (SSSR count). The molecule has 0 bridgehead atoms. The van der Waals surface area contributed by atoms with Crippen LogP contribution in [0.4, 0.5) is 0 Å². The number of halogens is 2. The normalized spacial score (nSPS) is 25.4. The number of hydrogen-bond donors (Lipinski definition) is 1. The highest BCUT2D eigenvalue weighted by Gasteiger charge is 2.35. The summed E-state index contributed by atoms with van der Waals surface area (Å²) < 4.78 is 0. The van der Waals surface area contributed by atoms with E-state index in [4.69, 9.17) is 28.9 Å². The molecule has 1 fully saturated rings. The van der Waals surface area contributed by atoms with Crippen LogP contribution in [-0.4, -0.2) is 49.6 Å². The monoisotopic (exact) mass is 315 g/mol. The third-order valence-corrected chi connectivity index (χ3v) is 4.82. The summed E-state index contributed by atoms with van der Waals surface area (Å²) >= 11 is 12.4. The molecule has 0 amide bonds. The minimum Gasteiger partial charge on any atom is -0.329 e. The Morgan fingerprint density at radius 1 is 1.35 bits per heavy atom. The first-order valence-corrected chi connectivity index (χ1v) is 7.75. The maximum absolute atomic E-state index is 6.33. The molecular weight excluding hydrogens is 293 g/mol. The van der Waals surface area contributed by atoms with Crippen LogP contribution in [0.2, 0.25) is 10.0 Å². The summed E-state index contributed by atoms with van der Waals surface area (Å²) in [5.41, 5.74) is 7.05. The zero-order valence-corrected chi connectivity index (χ0v) is 13.8. The van der Waals surface area contributed by atoms with Crippen LogP contribution in [0.15, 0.2) is 18.2 Å². The second-order valence-corrected chi connectivity index (χ2v) is 6.72. The van der Waals surface area contributed by atoms with Crippen molar-refractivity contribution in [3.8, 4) is 0 Å². The third kappa shape index (κ3) is 3.29. The van der Waals surface area contributed by atoms with E-state index >= 15 is 0 Å². The van der Waals surface area contributed by atoms with E-state index < -0.39 is 0 Å². The molecule has 1 aromatic carbocycles. The highest BCUT2D eigenvalue weighted by molar-refractivity contribution is 6.33. The van der Waals surface area contributed by atoms with Crippen molar-refractivity contribution in [3.63, 3.8) is 0 Å². The van der Waals surface area contributed by atoms with Crippen LogP contribution < -0.4 is 5.73 Å². The molecule has 5 heteroatoms. The van der Waals surface area contributed by atoms with Crippen molar-refractivity contribution in [1.29, 1.82) is 0 Å². The quantitative estimate of drug-likeness (QED) is 0.927. The number of benzene rings is 1. The second kappa shape index (κ2) is 6.63. The maximum atomic E-state index is 6.33. The van der Waals surface area contributed by atoms with Crippen LogP contribution in [0.25, 0.3) is 0 Å². The van der Waals surface area contributed by atoms with E-state index in [-0.39, 0.29) is 6.04 Å². The van der Waals surface area contributed by atoms with Gasteiger partial charge in [-0.3, -0.25) is 4.90 Å². The molecule has 3 unspecified atom stereocenters. The highest BCUT2D eigenvalue weighted by atomic mass is 35.5. The van der Waals surface area contributed by atoms with E-state index in [0.29, 0.717) is 23.5 Å². The molecule has 3 atom stereocenters. The van der Waals surface area contributed by atoms with Gasteiger partial charge >= 0.3 is 0 Å². The van der Waals surface area contributed by atoms with Gasteiger partial charge in [0.2, 0.25) is 0 Å². The number of nitrogens with two attached hydrogens (primary N) is 1. The van der Waals surface area contributed by atoms with Gasteiger partial charge in [0, 0.05) is 41.8 Å². The summed E-state index contributed by atoms with van der Waals surface area (Å²) in [5.74, 6) is 0.622. The van der Waals surface area contributed by atoms with Gasteiger partial charge in [-0.25, -0.2) is 0 Å². The molecule has 1 heterocycles. The van der Waals surface area contributed by atoms with E-state index in [1.807, 2.05) is 18.2 Å². The lowest BCUT2D eigenvalue weighted by Gasteiger charge is -2.28. The van der Waals surface area contributed by atoms with Crippen molar-refractivity contribution in [3.05, 3.63) is 33.8 Å². The molecular formula is C15H23Cl2N3. The molecule has 0 saturated carbocycles. The lowest BCUT2D eigenvalue weighted by molar-refractivity contribution is 0.219. The Balaban J connectivity index is 2.23. The number of likely N-dealkylation sites (N-methyl/N-ethyl adjacent to an activating group) is 1. The van der Waals surface area contributed by atoms with E-state index in [2.05, 4.69) is 30.8 Å². The van der Waals surface area contributed by atoms with Crippen molar-refractivity contribution in [2.24, 2.45) is 11.7 Å². The smallest absolute Gasteiger partial charge is 0.0486 e. The molecule has 1 aromatic rings. The molecule has 0 radical (unpaired) electrons. The fraction of sp³-hybridized carbons (Fsp3) is 0.600. The Hall–Kier alpha value is -0.320. The van der Waals surface area contributed by atoms with E-state index in [0.717, 1.165) is 23.7 Å². The van der Waals surface area contributed by atoms with Gasteiger partial charge in [-0.15, -0.1) is 0 Å². The summed E-state index contributed by atoms with van der Waals surface area (Å²) in [6.45, 7) is 4.89. The molecule has 1 aliphatic heterocycles. The lowest BCUT2D eigenvalue weighted by Crippen LogP contribution is -2.36. The molecule has 2 N–H and O–H groups in total. The van der Waals surface area contributed by atoms with Crippen LogP contribution in [0.5, 0.6) is 0 Å². The Bertz CT molecular complexity index is 464. The number of rotatable bonds is 4. The summed E-state index contributed by atoms with van der Waals surface area (Å²) in [5, 5.41) is 1.45. The largest absolute Gasteiger partial charge is 0.329 e. The van der Waals surface area contributed by atoms with Crippen LogP contribution >= 0.6 is 23.2 Å². The topological polar surface area (TPSA) is 32.5 Å². The first-order chi connectivity index (χ1) is 9.43. The lowest BCUT2D eigenvalue weighted by atomic mass is 10.1. The molecule has 112 valence electrons. The molecule has 0 spiro atoms. The van der Waals surface area contributed by atoms with E-state index in [9.17, 15) is 0 Å². The third-order valence-electron chi connectivity index (χ3n) is 4.25. The van der Waals surface area contributed by atoms with Gasteiger partial charge in [0.05, 0.1) is 0 Å². The molecule has 0 aromatic heterocycles. The van der Waals surface area contributed by atoms with Crippen LogP contribution in [-0.2, 0) is 0 Å². The van der Waals surface area contributed by atoms with E-state index in [1.54, 1.807) is 0 Å². The summed E-state index contributed by atoms with van der Waals surface area (Å²) in [6, 6.07) is 6.30. The molecule has 1 aliphatic rings. The zero-order valence-electron chi connectivity index (χ0n) is 12.3. The van der Waals surface area contributed by atoms with Gasteiger partial charge in [-0.05, 0) is 43.8 Å². The average molecular weight is 316 g/mol. The van der Waals surface area contributed by atoms with Gasteiger partial charge in [-0.2, -0.15) is 0 Å². The van der Waals surface area contributed by atoms with Crippen molar-refractivity contribution in [2.45, 2.75) is 19.0 Å². The molecule has 0 aliphatic carbocycles. The minimum atomic E-state index is 0.133. The first kappa shape index (κ1) is 16.1. The predicted molar refractivity (Wildman–Crippen MR) is 86.5 cm³/mol. The standard InChI is InChI=1S/C15H23Cl2N3/c1-10-8-20(9-15(10)19(2)3)14(7-18)12-6-11(16)4-5-13(12)17/h4-6,10,14-15H,7-9,18H2,1-3H3. The molecule has 1 saturated heterocycles. The Morgan fingerprint density at radius 2 is 2.05 bits per heavy atom. The van der Waals surface area contributed by atoms with Crippen LogP contribution in [0, 0.1) is 5.92 Å². The highest BCUT2D eigenvalue weighted by Crippen LogP contribution is 2.33. The Morgan fingerprint density at radius 3 is 2.60 bits per heavy atom. The minimum absolute atomic E-state index is 0.133. The fourth-order valence-corrected chi connectivity index (χ4v) is 3.58. The molecule has 20 heavy (non-hydrogen) atoms. The number of likely N-dealkylation sites (tertiary alicyclic amines) is 1. The van der Waals surface area contributed by atoms with Crippen LogP contribution in [0.3, 0.4) is 0 Å². The summed E-state index contributed by atoms with van der Waals surface area (Å²) in [4.78, 5) is 4.71. The van der Waals surface area contributed by atoms with Crippen molar-refractivity contribution < 1.29 is 0 Å². The average Bonchev–Trinajstić information content (AvgIpc) is 2.76. The van der Waals surface area contributed by atoms with Crippen molar-refractivity contribution in [2.75, 3.05) is 33.7 Å². The van der Waals surface area contributed by atoms with E-state index in [1.165, 1.54) is 0 Å². The first-order valence-electron chi connectivity index (χ1n) is 6.99. The maximum Gasteiger partial charge on any atom is 0.0486 e. The van der Waals surface area contributed by atoms with Gasteiger partial charge < -0.3 is 10.6 Å². The SMILES string of the molecule is CC1CN(C(CN)c2cc(Cl)ccc2Cl)CC1N(C)C. The number of hydrogen-bond acceptors (Lipinski definition) is 3. The zero-order chi connectivity index (χ0) is 14.9. The van der Waals surface area contributed by atoms with Crippen LogP contribution in [0.1, 0.15) is 18.5 Å². The fourth-order valence-electron chi connectivity index (χ4n) is 3.16. The van der Waals surface area contributed by atoms with Crippen molar-refractivity contribution in [1.82, 2.24) is 9.80 Å². The Kier molecular flexibility index (Phi) is 5.32. The Labute approximate surface area is 131 Å². The molecule has 3 nitrogen and oxygen atoms in total. The van der Waals surface area contributed by atoms with Gasteiger partial charge in [0.1, 0.15) is 0 Å². The van der Waals surface area contributed by atoms with Gasteiger partial charge in [-0.1, -0.05) is 30.1 Å². The summed E-state index contributed by atoms with van der Waals surface area (Å²) in [7, 11) is 4.27. The number of nitrogens with zero attached hydrogens (tertiary/aromatic N) is 2. The predicted octanol–water partition coefficient (Wildman–Crippen LogP) is 2.88. The van der Waals surface area contributed by atoms with Gasteiger partial charge in [0.15, 0.2) is 0 Å². The van der Waals surface area contributed by atoms with Crippen molar-refractivity contribution >= 4 is 23.2 Å².